The Hall–Kier alpha value is -2.63. The van der Waals surface area contributed by atoms with E-state index in [1.807, 2.05) is 12.4 Å². The van der Waals surface area contributed by atoms with Gasteiger partial charge in [-0.25, -0.2) is 0 Å². The van der Waals surface area contributed by atoms with Crippen molar-refractivity contribution in [3.63, 3.8) is 0 Å². The maximum absolute atomic E-state index is 10.9. The quantitative estimate of drug-likeness (QED) is 0.610. The highest BCUT2D eigenvalue weighted by Crippen LogP contribution is 2.23. The Bertz CT molecular complexity index is 679. The van der Waals surface area contributed by atoms with Gasteiger partial charge in [-0.1, -0.05) is 0 Å². The van der Waals surface area contributed by atoms with Gasteiger partial charge < -0.3 is 10.7 Å². The number of rotatable bonds is 2. The van der Waals surface area contributed by atoms with Crippen LogP contribution in [0.15, 0.2) is 30.7 Å². The lowest BCUT2D eigenvalue weighted by atomic mass is 10.2. The van der Waals surface area contributed by atoms with Crippen LogP contribution in [0, 0.1) is 0 Å². The summed E-state index contributed by atoms with van der Waals surface area (Å²) in [6.45, 7) is 0. The lowest BCUT2D eigenvalue weighted by Gasteiger charge is -1.97. The molecule has 0 fully saturated rings. The van der Waals surface area contributed by atoms with Crippen molar-refractivity contribution >= 4 is 16.8 Å². The molecule has 0 radical (unpaired) electrons. The van der Waals surface area contributed by atoms with Crippen molar-refractivity contribution in [1.29, 1.82) is 0 Å². The van der Waals surface area contributed by atoms with Gasteiger partial charge in [0.25, 0.3) is 0 Å². The average molecular weight is 227 g/mol. The van der Waals surface area contributed by atoms with Crippen LogP contribution < -0.4 is 5.73 Å². The van der Waals surface area contributed by atoms with E-state index in [-0.39, 0.29) is 0 Å². The van der Waals surface area contributed by atoms with Gasteiger partial charge in [-0.15, -0.1) is 0 Å². The molecule has 3 rings (SSSR count). The summed E-state index contributed by atoms with van der Waals surface area (Å²) in [5.74, 6) is -0.488. The van der Waals surface area contributed by atoms with Gasteiger partial charge in [0.2, 0.25) is 5.91 Å². The number of primary amides is 1. The van der Waals surface area contributed by atoms with Crippen LogP contribution in [0.25, 0.3) is 22.3 Å². The van der Waals surface area contributed by atoms with E-state index in [1.54, 1.807) is 12.1 Å². The van der Waals surface area contributed by atoms with Crippen LogP contribution in [0.4, 0.5) is 0 Å². The molecule has 84 valence electrons. The zero-order valence-corrected chi connectivity index (χ0v) is 8.77. The second-order valence-electron chi connectivity index (χ2n) is 3.65. The van der Waals surface area contributed by atoms with E-state index in [0.717, 1.165) is 16.6 Å². The van der Waals surface area contributed by atoms with Gasteiger partial charge in [0.1, 0.15) is 5.69 Å². The molecule has 6 heteroatoms. The molecule has 17 heavy (non-hydrogen) atoms. The number of carbonyl (C=O) groups excluding carboxylic acids is 1. The molecule has 1 amide bonds. The van der Waals surface area contributed by atoms with Crippen LogP contribution in [0.2, 0.25) is 0 Å². The predicted octanol–water partition coefficient (Wildman–Crippen LogP) is 1.05. The summed E-state index contributed by atoms with van der Waals surface area (Å²) >= 11 is 0. The summed E-state index contributed by atoms with van der Waals surface area (Å²) in [6.07, 6.45) is 5.12. The number of carbonyl (C=O) groups is 1. The van der Waals surface area contributed by atoms with Crippen LogP contribution >= 0.6 is 0 Å². The molecule has 4 N–H and O–H groups in total. The minimum absolute atomic E-state index is 0.384. The number of amides is 1. The molecule has 0 aliphatic rings. The number of aromatic amines is 2. The largest absolute Gasteiger partial charge is 0.366 e. The standard InChI is InChI=1S/C11H9N5O/c12-11(17)6-1-2-8(14-3-6)10-7-4-13-5-9(7)15-16-10/h1-5,13,15H,(H2,12,17). The third kappa shape index (κ3) is 1.46. The highest BCUT2D eigenvalue weighted by Gasteiger charge is 2.10. The van der Waals surface area contributed by atoms with Crippen molar-refractivity contribution < 1.29 is 4.79 Å². The first-order valence-electron chi connectivity index (χ1n) is 5.03. The van der Waals surface area contributed by atoms with Crippen LogP contribution in [-0.4, -0.2) is 26.1 Å². The average Bonchev–Trinajstić information content (AvgIpc) is 2.90. The Balaban J connectivity index is 2.10. The Kier molecular flexibility index (Phi) is 1.94. The van der Waals surface area contributed by atoms with Crippen molar-refractivity contribution in [3.8, 4) is 11.4 Å². The number of nitrogens with one attached hydrogen (secondary N) is 2. The number of aromatic nitrogens is 4. The third-order valence-corrected chi connectivity index (χ3v) is 2.58. The van der Waals surface area contributed by atoms with Crippen LogP contribution in [-0.2, 0) is 0 Å². The lowest BCUT2D eigenvalue weighted by molar-refractivity contribution is 0.1000. The molecule has 0 aliphatic heterocycles. The molecule has 0 bridgehead atoms. The zero-order valence-electron chi connectivity index (χ0n) is 8.77. The van der Waals surface area contributed by atoms with Crippen molar-refractivity contribution in [2.45, 2.75) is 0 Å². The summed E-state index contributed by atoms with van der Waals surface area (Å²) in [6, 6.07) is 3.36. The Labute approximate surface area is 95.9 Å². The van der Waals surface area contributed by atoms with Gasteiger partial charge in [0.05, 0.1) is 16.8 Å². The van der Waals surface area contributed by atoms with E-state index >= 15 is 0 Å². The van der Waals surface area contributed by atoms with Gasteiger partial charge in [-0.05, 0) is 12.1 Å². The number of pyridine rings is 1. The molecule has 3 heterocycles. The number of nitrogens with two attached hydrogens (primary N) is 1. The fraction of sp³-hybridized carbons (Fsp3) is 0. The number of nitrogens with zero attached hydrogens (tertiary/aromatic N) is 2. The molecule has 0 saturated carbocycles. The van der Waals surface area contributed by atoms with Crippen molar-refractivity contribution in [1.82, 2.24) is 20.2 Å². The van der Waals surface area contributed by atoms with E-state index < -0.39 is 5.91 Å². The summed E-state index contributed by atoms with van der Waals surface area (Å²) in [4.78, 5) is 18.1. The zero-order chi connectivity index (χ0) is 11.8. The second kappa shape index (κ2) is 3.44. The summed E-state index contributed by atoms with van der Waals surface area (Å²) in [7, 11) is 0. The second-order valence-corrected chi connectivity index (χ2v) is 3.65. The van der Waals surface area contributed by atoms with Crippen molar-refractivity contribution in [3.05, 3.63) is 36.3 Å². The predicted molar refractivity (Wildman–Crippen MR) is 62.2 cm³/mol. The number of fused-ring (bicyclic) bond motifs is 1. The highest BCUT2D eigenvalue weighted by molar-refractivity contribution is 5.94. The summed E-state index contributed by atoms with van der Waals surface area (Å²) in [5, 5.41) is 8.03. The van der Waals surface area contributed by atoms with Gasteiger partial charge in [-0.2, -0.15) is 5.10 Å². The Morgan fingerprint density at radius 2 is 2.18 bits per heavy atom. The van der Waals surface area contributed by atoms with Gasteiger partial charge in [0, 0.05) is 24.0 Å². The number of H-pyrrole nitrogens is 2. The van der Waals surface area contributed by atoms with Crippen molar-refractivity contribution in [2.75, 3.05) is 0 Å². The maximum Gasteiger partial charge on any atom is 0.250 e. The molecular weight excluding hydrogens is 218 g/mol. The molecule has 3 aromatic rings. The van der Waals surface area contributed by atoms with E-state index in [2.05, 4.69) is 20.2 Å². The first-order chi connectivity index (χ1) is 8.25. The fourth-order valence-electron chi connectivity index (χ4n) is 1.70. The lowest BCUT2D eigenvalue weighted by Crippen LogP contribution is -2.10. The normalized spacial score (nSPS) is 10.8. The molecule has 0 aliphatic carbocycles. The van der Waals surface area contributed by atoms with E-state index in [9.17, 15) is 4.79 Å². The van der Waals surface area contributed by atoms with Crippen LogP contribution in [0.1, 0.15) is 10.4 Å². The topological polar surface area (TPSA) is 100 Å². The van der Waals surface area contributed by atoms with Crippen LogP contribution in [0.5, 0.6) is 0 Å². The monoisotopic (exact) mass is 227 g/mol. The van der Waals surface area contributed by atoms with Gasteiger partial charge >= 0.3 is 0 Å². The highest BCUT2D eigenvalue weighted by atomic mass is 16.1. The fourth-order valence-corrected chi connectivity index (χ4v) is 1.70. The molecular formula is C11H9N5O. The Morgan fingerprint density at radius 1 is 1.29 bits per heavy atom. The van der Waals surface area contributed by atoms with E-state index in [4.69, 9.17) is 5.73 Å². The molecule has 0 atom stereocenters. The van der Waals surface area contributed by atoms with Gasteiger partial charge in [-0.3, -0.25) is 14.9 Å². The maximum atomic E-state index is 10.9. The number of hydrogen-bond acceptors (Lipinski definition) is 3. The van der Waals surface area contributed by atoms with Crippen LogP contribution in [0.3, 0.4) is 0 Å². The number of hydrogen-bond donors (Lipinski definition) is 3. The SMILES string of the molecule is NC(=O)c1ccc(-c2n[nH]c3c[nH]cc23)nc1. The Morgan fingerprint density at radius 3 is 2.88 bits per heavy atom. The summed E-state index contributed by atoms with van der Waals surface area (Å²) in [5.41, 5.74) is 7.89. The van der Waals surface area contributed by atoms with E-state index in [0.29, 0.717) is 11.3 Å². The molecule has 0 spiro atoms. The van der Waals surface area contributed by atoms with Gasteiger partial charge in [0.15, 0.2) is 0 Å². The van der Waals surface area contributed by atoms with Crippen molar-refractivity contribution in [2.24, 2.45) is 5.73 Å². The summed E-state index contributed by atoms with van der Waals surface area (Å²) < 4.78 is 0. The minimum Gasteiger partial charge on any atom is -0.366 e. The van der Waals surface area contributed by atoms with E-state index in [1.165, 1.54) is 6.20 Å². The molecule has 3 aromatic heterocycles. The molecule has 0 unspecified atom stereocenters. The molecule has 0 aromatic carbocycles. The smallest absolute Gasteiger partial charge is 0.250 e. The minimum atomic E-state index is -0.488. The first kappa shape index (κ1) is 9.59. The first-order valence-corrected chi connectivity index (χ1v) is 5.03. The molecule has 0 saturated heterocycles. The molecule has 6 nitrogen and oxygen atoms in total. The third-order valence-electron chi connectivity index (χ3n) is 2.58.